The van der Waals surface area contributed by atoms with Crippen LogP contribution in [0.15, 0.2) is 29.2 Å². The average molecular weight is 283 g/mol. The Morgan fingerprint density at radius 3 is 2.58 bits per heavy atom. The standard InChI is InChI=1S/C16H26FNS/c1-4-8-15(18-11-5-2)16(6-3)19-14-10-7-9-13(17)12-14/h7,9-10,12,15-16,18H,4-6,8,11H2,1-3H3. The number of rotatable bonds is 9. The lowest BCUT2D eigenvalue weighted by Gasteiger charge is -2.26. The first kappa shape index (κ1) is 16.5. The second-order valence-electron chi connectivity index (χ2n) is 4.87. The highest BCUT2D eigenvalue weighted by molar-refractivity contribution is 8.00. The maximum atomic E-state index is 13.2. The minimum absolute atomic E-state index is 0.145. The largest absolute Gasteiger partial charge is 0.313 e. The van der Waals surface area contributed by atoms with Crippen LogP contribution in [-0.4, -0.2) is 17.8 Å². The maximum absolute atomic E-state index is 13.2. The molecule has 2 unspecified atom stereocenters. The summed E-state index contributed by atoms with van der Waals surface area (Å²) in [6.07, 6.45) is 4.62. The normalized spacial score (nSPS) is 14.3. The van der Waals surface area contributed by atoms with Crippen LogP contribution >= 0.6 is 11.8 Å². The molecule has 0 bridgehead atoms. The molecule has 0 amide bonds. The Balaban J connectivity index is 2.67. The van der Waals surface area contributed by atoms with Crippen molar-refractivity contribution >= 4 is 11.8 Å². The van der Waals surface area contributed by atoms with Gasteiger partial charge in [-0.15, -0.1) is 11.8 Å². The van der Waals surface area contributed by atoms with Crippen molar-refractivity contribution in [3.63, 3.8) is 0 Å². The number of hydrogen-bond acceptors (Lipinski definition) is 2. The summed E-state index contributed by atoms with van der Waals surface area (Å²) in [7, 11) is 0. The van der Waals surface area contributed by atoms with Crippen LogP contribution in [-0.2, 0) is 0 Å². The minimum atomic E-state index is -0.145. The van der Waals surface area contributed by atoms with Crippen LogP contribution in [0.4, 0.5) is 4.39 Å². The van der Waals surface area contributed by atoms with E-state index in [1.807, 2.05) is 6.07 Å². The number of nitrogens with one attached hydrogen (secondary N) is 1. The number of thioether (sulfide) groups is 1. The first-order chi connectivity index (χ1) is 9.21. The van der Waals surface area contributed by atoms with Gasteiger partial charge in [0.15, 0.2) is 0 Å². The van der Waals surface area contributed by atoms with E-state index in [-0.39, 0.29) is 5.82 Å². The Kier molecular flexibility index (Phi) is 8.15. The lowest BCUT2D eigenvalue weighted by molar-refractivity contribution is 0.454. The SMILES string of the molecule is CCCNC(CCC)C(CC)Sc1cccc(F)c1. The summed E-state index contributed by atoms with van der Waals surface area (Å²) in [5.41, 5.74) is 0. The van der Waals surface area contributed by atoms with Gasteiger partial charge in [-0.05, 0) is 44.0 Å². The van der Waals surface area contributed by atoms with Crippen molar-refractivity contribution in [3.05, 3.63) is 30.1 Å². The van der Waals surface area contributed by atoms with Gasteiger partial charge in [-0.3, -0.25) is 0 Å². The van der Waals surface area contributed by atoms with Crippen LogP contribution in [0.25, 0.3) is 0 Å². The van der Waals surface area contributed by atoms with Crippen molar-refractivity contribution in [2.75, 3.05) is 6.54 Å². The molecule has 1 rings (SSSR count). The summed E-state index contributed by atoms with van der Waals surface area (Å²) in [4.78, 5) is 1.03. The molecule has 0 heterocycles. The number of halogens is 1. The van der Waals surface area contributed by atoms with Gasteiger partial charge in [-0.25, -0.2) is 4.39 Å². The first-order valence-corrected chi connectivity index (χ1v) is 8.24. The first-order valence-electron chi connectivity index (χ1n) is 7.36. The smallest absolute Gasteiger partial charge is 0.124 e. The van der Waals surface area contributed by atoms with Gasteiger partial charge >= 0.3 is 0 Å². The van der Waals surface area contributed by atoms with Crippen LogP contribution < -0.4 is 5.32 Å². The molecule has 2 atom stereocenters. The van der Waals surface area contributed by atoms with E-state index in [2.05, 4.69) is 26.1 Å². The van der Waals surface area contributed by atoms with E-state index in [0.29, 0.717) is 11.3 Å². The summed E-state index contributed by atoms with van der Waals surface area (Å²) < 4.78 is 13.2. The zero-order chi connectivity index (χ0) is 14.1. The molecule has 0 aliphatic carbocycles. The maximum Gasteiger partial charge on any atom is 0.124 e. The second-order valence-corrected chi connectivity index (χ2v) is 6.18. The monoisotopic (exact) mass is 283 g/mol. The Hall–Kier alpha value is -0.540. The summed E-state index contributed by atoms with van der Waals surface area (Å²) in [6.45, 7) is 7.69. The third-order valence-electron chi connectivity index (χ3n) is 3.19. The van der Waals surface area contributed by atoms with Crippen LogP contribution in [0, 0.1) is 5.82 Å². The van der Waals surface area contributed by atoms with Crippen molar-refractivity contribution in [1.29, 1.82) is 0 Å². The lowest BCUT2D eigenvalue weighted by Crippen LogP contribution is -2.38. The molecule has 1 N–H and O–H groups in total. The molecule has 0 aliphatic heterocycles. The highest BCUT2D eigenvalue weighted by atomic mass is 32.2. The molecule has 0 spiro atoms. The molecule has 0 fully saturated rings. The molecular formula is C16H26FNS. The van der Waals surface area contributed by atoms with Gasteiger partial charge in [0.05, 0.1) is 0 Å². The van der Waals surface area contributed by atoms with E-state index < -0.39 is 0 Å². The third-order valence-corrected chi connectivity index (χ3v) is 4.68. The molecule has 0 aromatic heterocycles. The summed E-state index contributed by atoms with van der Waals surface area (Å²) in [5.74, 6) is -0.145. The molecule has 0 radical (unpaired) electrons. The Labute approximate surface area is 121 Å². The van der Waals surface area contributed by atoms with Crippen LogP contribution in [0.5, 0.6) is 0 Å². The molecule has 0 aliphatic rings. The molecule has 1 nitrogen and oxygen atoms in total. The van der Waals surface area contributed by atoms with E-state index in [4.69, 9.17) is 0 Å². The minimum Gasteiger partial charge on any atom is -0.313 e. The Bertz CT molecular complexity index is 356. The van der Waals surface area contributed by atoms with Crippen molar-refractivity contribution < 1.29 is 4.39 Å². The summed E-state index contributed by atoms with van der Waals surface area (Å²) in [5, 5.41) is 4.15. The van der Waals surface area contributed by atoms with Crippen LogP contribution in [0.2, 0.25) is 0 Å². The molecule has 19 heavy (non-hydrogen) atoms. The lowest BCUT2D eigenvalue weighted by atomic mass is 10.1. The van der Waals surface area contributed by atoms with Gasteiger partial charge in [-0.2, -0.15) is 0 Å². The fourth-order valence-corrected chi connectivity index (χ4v) is 3.48. The average Bonchev–Trinajstić information content (AvgIpc) is 2.41. The zero-order valence-corrected chi connectivity index (χ0v) is 13.1. The predicted molar refractivity (Wildman–Crippen MR) is 83.3 cm³/mol. The van der Waals surface area contributed by atoms with E-state index in [0.717, 1.165) is 24.3 Å². The van der Waals surface area contributed by atoms with Gasteiger partial charge in [0.2, 0.25) is 0 Å². The zero-order valence-electron chi connectivity index (χ0n) is 12.3. The van der Waals surface area contributed by atoms with Crippen molar-refractivity contribution in [1.82, 2.24) is 5.32 Å². The van der Waals surface area contributed by atoms with Crippen molar-refractivity contribution in [2.45, 2.75) is 62.6 Å². The van der Waals surface area contributed by atoms with E-state index >= 15 is 0 Å². The Morgan fingerprint density at radius 1 is 1.21 bits per heavy atom. The van der Waals surface area contributed by atoms with Gasteiger partial charge in [0, 0.05) is 16.2 Å². The molecule has 3 heteroatoms. The highest BCUT2D eigenvalue weighted by Gasteiger charge is 2.19. The molecule has 1 aromatic carbocycles. The second kappa shape index (κ2) is 9.38. The summed E-state index contributed by atoms with van der Waals surface area (Å²) in [6, 6.07) is 7.45. The van der Waals surface area contributed by atoms with Crippen LogP contribution in [0.1, 0.15) is 46.5 Å². The van der Waals surface area contributed by atoms with E-state index in [1.54, 1.807) is 23.9 Å². The van der Waals surface area contributed by atoms with E-state index in [1.165, 1.54) is 18.9 Å². The molecule has 108 valence electrons. The van der Waals surface area contributed by atoms with Crippen LogP contribution in [0.3, 0.4) is 0 Å². The topological polar surface area (TPSA) is 12.0 Å². The predicted octanol–water partition coefficient (Wildman–Crippen LogP) is 4.86. The highest BCUT2D eigenvalue weighted by Crippen LogP contribution is 2.29. The van der Waals surface area contributed by atoms with Crippen molar-refractivity contribution in [2.24, 2.45) is 0 Å². The van der Waals surface area contributed by atoms with Gasteiger partial charge in [0.25, 0.3) is 0 Å². The Morgan fingerprint density at radius 2 is 2.00 bits per heavy atom. The number of hydrogen-bond donors (Lipinski definition) is 1. The van der Waals surface area contributed by atoms with Gasteiger partial charge < -0.3 is 5.32 Å². The molecular weight excluding hydrogens is 257 g/mol. The van der Waals surface area contributed by atoms with E-state index in [9.17, 15) is 4.39 Å². The van der Waals surface area contributed by atoms with Crippen molar-refractivity contribution in [3.8, 4) is 0 Å². The fraction of sp³-hybridized carbons (Fsp3) is 0.625. The quantitative estimate of drug-likeness (QED) is 0.649. The number of benzene rings is 1. The summed E-state index contributed by atoms with van der Waals surface area (Å²) >= 11 is 1.80. The van der Waals surface area contributed by atoms with Gasteiger partial charge in [0.1, 0.15) is 5.82 Å². The molecule has 0 saturated carbocycles. The molecule has 0 saturated heterocycles. The molecule has 1 aromatic rings. The van der Waals surface area contributed by atoms with Gasteiger partial charge in [-0.1, -0.05) is 33.3 Å². The third kappa shape index (κ3) is 5.96. The fourth-order valence-electron chi connectivity index (χ4n) is 2.23.